The molecule has 0 unspecified atom stereocenters. The molecule has 0 spiro atoms. The number of carbonyl (C=O) groups excluding carboxylic acids is 1. The van der Waals surface area contributed by atoms with Crippen molar-refractivity contribution in [1.29, 1.82) is 0 Å². The van der Waals surface area contributed by atoms with Crippen LogP contribution in [0.2, 0.25) is 0 Å². The van der Waals surface area contributed by atoms with Crippen molar-refractivity contribution in [1.82, 2.24) is 19.2 Å². The number of carbonyl (C=O) groups is 1. The minimum Gasteiger partial charge on any atom is -0.351 e. The van der Waals surface area contributed by atoms with E-state index in [0.717, 1.165) is 27.9 Å². The van der Waals surface area contributed by atoms with Crippen LogP contribution >= 0.6 is 0 Å². The molecule has 0 aliphatic carbocycles. The Morgan fingerprint density at radius 1 is 0.919 bits per heavy atom. The molecule has 4 rings (SSSR count). The van der Waals surface area contributed by atoms with E-state index < -0.39 is 10.0 Å². The Balaban J connectivity index is 1.46. The first-order chi connectivity index (χ1) is 17.3. The predicted octanol–water partition coefficient (Wildman–Crippen LogP) is 4.75. The summed E-state index contributed by atoms with van der Waals surface area (Å²) in [6.07, 6.45) is 3.83. The molecule has 1 saturated heterocycles. The highest BCUT2D eigenvalue weighted by atomic mass is 32.2. The van der Waals surface area contributed by atoms with E-state index in [1.165, 1.54) is 4.31 Å². The third-order valence-electron chi connectivity index (χ3n) is 6.93. The highest BCUT2D eigenvalue weighted by molar-refractivity contribution is 7.89. The number of aromatic nitrogens is 2. The van der Waals surface area contributed by atoms with Crippen molar-refractivity contribution in [2.75, 3.05) is 26.2 Å². The molecule has 0 bridgehead atoms. The average Bonchev–Trinajstić information content (AvgIpc) is 3.38. The van der Waals surface area contributed by atoms with Gasteiger partial charge in [-0.25, -0.2) is 13.4 Å². The standard InChI is InChI=1S/C29H38N4O3S/c1-28(2,3)23-9-7-8-10-26(23)37(35,36)33-15-13-32(14-16-33)27(34)18-21-11-12-22(25-19-30-20-31-25)24(17-21)29(4,5)6/h7-12,17,19-20H,13-16,18H2,1-6H3,(H,30,31). The quantitative estimate of drug-likeness (QED) is 0.524. The van der Waals surface area contributed by atoms with Crippen molar-refractivity contribution in [3.8, 4) is 11.3 Å². The zero-order valence-corrected chi connectivity index (χ0v) is 23.5. The number of piperazine rings is 1. The van der Waals surface area contributed by atoms with Gasteiger partial charge in [-0.05, 0) is 33.6 Å². The lowest BCUT2D eigenvalue weighted by molar-refractivity contribution is -0.131. The van der Waals surface area contributed by atoms with Crippen LogP contribution in [0.5, 0.6) is 0 Å². The number of amides is 1. The molecular formula is C29H38N4O3S. The van der Waals surface area contributed by atoms with Crippen molar-refractivity contribution in [3.05, 3.63) is 71.7 Å². The van der Waals surface area contributed by atoms with E-state index in [1.54, 1.807) is 23.4 Å². The summed E-state index contributed by atoms with van der Waals surface area (Å²) in [5.74, 6) is 0.0134. The average molecular weight is 523 g/mol. The summed E-state index contributed by atoms with van der Waals surface area (Å²) >= 11 is 0. The summed E-state index contributed by atoms with van der Waals surface area (Å²) in [4.78, 5) is 22.7. The van der Waals surface area contributed by atoms with E-state index in [-0.39, 0.29) is 36.2 Å². The monoisotopic (exact) mass is 522 g/mol. The van der Waals surface area contributed by atoms with Crippen LogP contribution in [0.3, 0.4) is 0 Å². The van der Waals surface area contributed by atoms with Gasteiger partial charge in [0.25, 0.3) is 0 Å². The fraction of sp³-hybridized carbons (Fsp3) is 0.448. The zero-order chi connectivity index (χ0) is 27.0. The summed E-state index contributed by atoms with van der Waals surface area (Å²) in [5, 5.41) is 0. The first-order valence-electron chi connectivity index (χ1n) is 12.8. The lowest BCUT2D eigenvalue weighted by Crippen LogP contribution is -2.51. The van der Waals surface area contributed by atoms with Crippen LogP contribution in [0.4, 0.5) is 0 Å². The number of nitrogens with zero attached hydrogens (tertiary/aromatic N) is 3. The number of aromatic amines is 1. The number of benzene rings is 2. The van der Waals surface area contributed by atoms with Gasteiger partial charge in [0.15, 0.2) is 0 Å². The number of hydrogen-bond donors (Lipinski definition) is 1. The van der Waals surface area contributed by atoms with Gasteiger partial charge in [0.2, 0.25) is 15.9 Å². The maximum absolute atomic E-state index is 13.5. The maximum Gasteiger partial charge on any atom is 0.243 e. The van der Waals surface area contributed by atoms with Crippen molar-refractivity contribution >= 4 is 15.9 Å². The molecule has 0 atom stereocenters. The molecule has 8 heteroatoms. The summed E-state index contributed by atoms with van der Waals surface area (Å²) in [7, 11) is -3.65. The Hall–Kier alpha value is -2.97. The third kappa shape index (κ3) is 5.80. The summed E-state index contributed by atoms with van der Waals surface area (Å²) in [6, 6.07) is 13.3. The Morgan fingerprint density at radius 2 is 1.57 bits per heavy atom. The highest BCUT2D eigenvalue weighted by Gasteiger charge is 2.33. The van der Waals surface area contributed by atoms with Crippen LogP contribution < -0.4 is 0 Å². The van der Waals surface area contributed by atoms with Gasteiger partial charge in [-0.3, -0.25) is 4.79 Å². The predicted molar refractivity (Wildman–Crippen MR) is 147 cm³/mol. The lowest BCUT2D eigenvalue weighted by Gasteiger charge is -2.35. The van der Waals surface area contributed by atoms with Crippen molar-refractivity contribution in [3.63, 3.8) is 0 Å². The first-order valence-corrected chi connectivity index (χ1v) is 14.2. The molecular weight excluding hydrogens is 484 g/mol. The Bertz CT molecular complexity index is 1360. The summed E-state index contributed by atoms with van der Waals surface area (Å²) in [5.41, 5.74) is 4.42. The lowest BCUT2D eigenvalue weighted by atomic mass is 9.81. The van der Waals surface area contributed by atoms with Crippen LogP contribution in [-0.4, -0.2) is 59.7 Å². The van der Waals surface area contributed by atoms with E-state index in [1.807, 2.05) is 51.2 Å². The van der Waals surface area contributed by atoms with Crippen LogP contribution in [-0.2, 0) is 32.1 Å². The van der Waals surface area contributed by atoms with Crippen molar-refractivity contribution < 1.29 is 13.2 Å². The molecule has 198 valence electrons. The molecule has 37 heavy (non-hydrogen) atoms. The number of imidazole rings is 1. The van der Waals surface area contributed by atoms with Gasteiger partial charge in [0, 0.05) is 37.9 Å². The van der Waals surface area contributed by atoms with E-state index in [2.05, 4.69) is 36.8 Å². The normalized spacial score (nSPS) is 15.7. The number of sulfonamides is 1. The minimum absolute atomic E-state index is 0.0134. The molecule has 1 amide bonds. The van der Waals surface area contributed by atoms with E-state index in [9.17, 15) is 13.2 Å². The molecule has 3 aromatic rings. The Labute approximate surface area is 221 Å². The topological polar surface area (TPSA) is 86.4 Å². The summed E-state index contributed by atoms with van der Waals surface area (Å²) in [6.45, 7) is 13.9. The van der Waals surface area contributed by atoms with E-state index >= 15 is 0 Å². The largest absolute Gasteiger partial charge is 0.351 e. The molecule has 2 heterocycles. The molecule has 0 radical (unpaired) electrons. The third-order valence-corrected chi connectivity index (χ3v) is 8.88. The maximum atomic E-state index is 13.5. The Morgan fingerprint density at radius 3 is 2.16 bits per heavy atom. The van der Waals surface area contributed by atoms with Gasteiger partial charge >= 0.3 is 0 Å². The fourth-order valence-corrected chi connectivity index (χ4v) is 6.69. The summed E-state index contributed by atoms with van der Waals surface area (Å²) < 4.78 is 28.5. The molecule has 1 aromatic heterocycles. The molecule has 2 aromatic carbocycles. The molecule has 7 nitrogen and oxygen atoms in total. The van der Waals surface area contributed by atoms with E-state index in [0.29, 0.717) is 18.0 Å². The molecule has 1 aliphatic heterocycles. The second-order valence-electron chi connectivity index (χ2n) is 11.8. The minimum atomic E-state index is -3.65. The van der Waals surface area contributed by atoms with Gasteiger partial charge in [0.1, 0.15) is 0 Å². The van der Waals surface area contributed by atoms with Gasteiger partial charge in [0.05, 0.1) is 23.3 Å². The number of rotatable bonds is 5. The second kappa shape index (κ2) is 10.1. The number of hydrogen-bond acceptors (Lipinski definition) is 4. The number of H-pyrrole nitrogens is 1. The first kappa shape index (κ1) is 27.1. The molecule has 1 N–H and O–H groups in total. The zero-order valence-electron chi connectivity index (χ0n) is 22.7. The Kier molecular flexibility index (Phi) is 7.36. The SMILES string of the molecule is CC(C)(C)c1cc(CC(=O)N2CCN(S(=O)(=O)c3ccccc3C(C)(C)C)CC2)ccc1-c1c[nH]cn1. The number of nitrogens with one attached hydrogen (secondary N) is 1. The second-order valence-corrected chi connectivity index (χ2v) is 13.7. The van der Waals surface area contributed by atoms with Gasteiger partial charge < -0.3 is 9.88 Å². The van der Waals surface area contributed by atoms with Crippen LogP contribution in [0.1, 0.15) is 58.2 Å². The van der Waals surface area contributed by atoms with Crippen LogP contribution in [0.25, 0.3) is 11.3 Å². The van der Waals surface area contributed by atoms with E-state index in [4.69, 9.17) is 0 Å². The fourth-order valence-electron chi connectivity index (χ4n) is 4.87. The van der Waals surface area contributed by atoms with Gasteiger partial charge in [-0.1, -0.05) is 77.9 Å². The van der Waals surface area contributed by atoms with Crippen molar-refractivity contribution in [2.24, 2.45) is 0 Å². The van der Waals surface area contributed by atoms with Gasteiger partial charge in [-0.15, -0.1) is 0 Å². The molecule has 1 fully saturated rings. The molecule has 1 aliphatic rings. The highest BCUT2D eigenvalue weighted by Crippen LogP contribution is 2.33. The van der Waals surface area contributed by atoms with Crippen molar-refractivity contribution in [2.45, 2.75) is 63.7 Å². The van der Waals surface area contributed by atoms with Crippen LogP contribution in [0, 0.1) is 0 Å². The van der Waals surface area contributed by atoms with Gasteiger partial charge in [-0.2, -0.15) is 4.31 Å². The van der Waals surface area contributed by atoms with Crippen LogP contribution in [0.15, 0.2) is 59.9 Å². The molecule has 0 saturated carbocycles. The smallest absolute Gasteiger partial charge is 0.243 e.